The minimum Gasteiger partial charge on any atom is -0.394 e. The van der Waals surface area contributed by atoms with Crippen molar-refractivity contribution in [1.29, 1.82) is 0 Å². The van der Waals surface area contributed by atoms with Crippen LogP contribution < -0.4 is 5.32 Å². The molecule has 0 saturated carbocycles. The van der Waals surface area contributed by atoms with Gasteiger partial charge in [0.25, 0.3) is 0 Å². The lowest BCUT2D eigenvalue weighted by Gasteiger charge is -2.22. The first kappa shape index (κ1) is 38.1. The average molecular weight is 552 g/mol. The number of hydrogen-bond acceptors (Lipinski definition) is 3. The van der Waals surface area contributed by atoms with Gasteiger partial charge in [0, 0.05) is 6.42 Å². The van der Waals surface area contributed by atoms with Crippen molar-refractivity contribution < 1.29 is 15.0 Å². The van der Waals surface area contributed by atoms with Gasteiger partial charge in [0.05, 0.1) is 18.8 Å². The maximum absolute atomic E-state index is 12.3. The normalized spacial score (nSPS) is 13.2. The van der Waals surface area contributed by atoms with Crippen LogP contribution in [0.15, 0.2) is 12.2 Å². The Bertz CT molecular complexity index is 522. The molecule has 0 aromatic rings. The molecule has 0 bridgehead atoms. The number of rotatable bonds is 31. The van der Waals surface area contributed by atoms with Crippen molar-refractivity contribution in [1.82, 2.24) is 5.32 Å². The van der Waals surface area contributed by atoms with Crippen molar-refractivity contribution in [3.8, 4) is 0 Å². The number of nitrogens with one attached hydrogen (secondary N) is 1. The van der Waals surface area contributed by atoms with Gasteiger partial charge in [-0.2, -0.15) is 0 Å². The molecule has 0 fully saturated rings. The Balaban J connectivity index is 3.57. The quantitative estimate of drug-likeness (QED) is 0.0593. The highest BCUT2D eigenvalue weighted by Crippen LogP contribution is 2.15. The zero-order valence-electron chi connectivity index (χ0n) is 26.4. The molecule has 0 aliphatic rings. The van der Waals surface area contributed by atoms with Gasteiger partial charge >= 0.3 is 0 Å². The summed E-state index contributed by atoms with van der Waals surface area (Å²) in [5.74, 6) is -0.0420. The van der Waals surface area contributed by atoms with E-state index < -0.39 is 12.1 Å². The van der Waals surface area contributed by atoms with Crippen molar-refractivity contribution in [2.45, 2.75) is 199 Å². The third kappa shape index (κ3) is 28.5. The lowest BCUT2D eigenvalue weighted by atomic mass is 10.0. The summed E-state index contributed by atoms with van der Waals surface area (Å²) in [7, 11) is 0. The number of unbranched alkanes of at least 4 members (excludes halogenated alkanes) is 22. The first-order chi connectivity index (χ1) is 19.2. The second-order valence-electron chi connectivity index (χ2n) is 11.9. The van der Waals surface area contributed by atoms with Gasteiger partial charge in [-0.05, 0) is 38.5 Å². The Morgan fingerprint density at radius 3 is 1.46 bits per heavy atom. The number of hydrogen-bond donors (Lipinski definition) is 3. The summed E-state index contributed by atoms with van der Waals surface area (Å²) in [6, 6.07) is -0.534. The summed E-state index contributed by atoms with van der Waals surface area (Å²) in [5, 5.41) is 23.0. The Morgan fingerprint density at radius 1 is 0.590 bits per heavy atom. The van der Waals surface area contributed by atoms with Gasteiger partial charge in [0.1, 0.15) is 0 Å². The Kier molecular flexibility index (Phi) is 30.9. The zero-order valence-corrected chi connectivity index (χ0v) is 26.4. The molecule has 2 unspecified atom stereocenters. The molecule has 0 aliphatic heterocycles. The maximum Gasteiger partial charge on any atom is 0.220 e. The zero-order chi connectivity index (χ0) is 28.7. The monoisotopic (exact) mass is 552 g/mol. The second kappa shape index (κ2) is 31.7. The van der Waals surface area contributed by atoms with Crippen molar-refractivity contribution in [2.24, 2.45) is 0 Å². The van der Waals surface area contributed by atoms with Crippen molar-refractivity contribution >= 4 is 5.91 Å². The summed E-state index contributed by atoms with van der Waals surface area (Å²) in [6.45, 7) is 4.32. The molecule has 2 atom stereocenters. The van der Waals surface area contributed by atoms with Crippen molar-refractivity contribution in [2.75, 3.05) is 6.61 Å². The molecule has 232 valence electrons. The second-order valence-corrected chi connectivity index (χ2v) is 11.9. The van der Waals surface area contributed by atoms with Gasteiger partial charge in [-0.15, -0.1) is 0 Å². The molecule has 39 heavy (non-hydrogen) atoms. The largest absolute Gasteiger partial charge is 0.394 e. The molecule has 0 radical (unpaired) electrons. The van der Waals surface area contributed by atoms with Crippen molar-refractivity contribution in [3.63, 3.8) is 0 Å². The van der Waals surface area contributed by atoms with Crippen LogP contribution in [0.3, 0.4) is 0 Å². The predicted octanol–water partition coefficient (Wildman–Crippen LogP) is 9.95. The summed E-state index contributed by atoms with van der Waals surface area (Å²) in [6.07, 6.45) is 36.8. The first-order valence-corrected chi connectivity index (χ1v) is 17.4. The third-order valence-electron chi connectivity index (χ3n) is 8.03. The molecule has 0 spiro atoms. The molecule has 1 amide bonds. The van der Waals surface area contributed by atoms with E-state index >= 15 is 0 Å². The molecule has 0 rings (SSSR count). The van der Waals surface area contributed by atoms with E-state index in [9.17, 15) is 15.0 Å². The summed E-state index contributed by atoms with van der Waals surface area (Å²) < 4.78 is 0. The van der Waals surface area contributed by atoms with Crippen LogP contribution in [0, 0.1) is 0 Å². The van der Waals surface area contributed by atoms with E-state index in [1.54, 1.807) is 0 Å². The molecule has 4 heteroatoms. The molecule has 0 aromatic heterocycles. The standard InChI is InChI=1S/C35H69NO3/c1-3-5-7-9-11-13-15-17-18-19-20-22-24-26-28-30-34(38)33(32-37)36-35(39)31-29-27-25-23-21-16-14-12-10-8-6-4-2/h12,14,33-34,37-38H,3-11,13,15-32H2,1-2H3,(H,36,39)/b14-12-. The Hall–Kier alpha value is -0.870. The van der Waals surface area contributed by atoms with Crippen LogP contribution in [0.25, 0.3) is 0 Å². The predicted molar refractivity (Wildman–Crippen MR) is 170 cm³/mol. The van der Waals surface area contributed by atoms with Crippen LogP contribution in [0.2, 0.25) is 0 Å². The van der Waals surface area contributed by atoms with Gasteiger partial charge < -0.3 is 15.5 Å². The minimum atomic E-state index is -0.657. The molecule has 0 aliphatic carbocycles. The van der Waals surface area contributed by atoms with Gasteiger partial charge in [-0.25, -0.2) is 0 Å². The topological polar surface area (TPSA) is 69.6 Å². The lowest BCUT2D eigenvalue weighted by molar-refractivity contribution is -0.123. The van der Waals surface area contributed by atoms with Crippen LogP contribution in [0.5, 0.6) is 0 Å². The number of aliphatic hydroxyl groups excluding tert-OH is 2. The van der Waals surface area contributed by atoms with Gasteiger partial charge in [-0.3, -0.25) is 4.79 Å². The number of allylic oxidation sites excluding steroid dienone is 2. The fraction of sp³-hybridized carbons (Fsp3) is 0.914. The van der Waals surface area contributed by atoms with E-state index in [1.165, 1.54) is 135 Å². The van der Waals surface area contributed by atoms with E-state index in [1.807, 2.05) is 0 Å². The van der Waals surface area contributed by atoms with Gasteiger partial charge in [0.15, 0.2) is 0 Å². The van der Waals surface area contributed by atoms with Crippen LogP contribution in [0.4, 0.5) is 0 Å². The first-order valence-electron chi connectivity index (χ1n) is 17.4. The van der Waals surface area contributed by atoms with E-state index in [-0.39, 0.29) is 12.5 Å². The molecular weight excluding hydrogens is 482 g/mol. The SMILES string of the molecule is CCCCC/C=C\CCCCCCCC(=O)NC(CO)C(O)CCCCCCCCCCCCCCCCC. The Morgan fingerprint density at radius 2 is 0.974 bits per heavy atom. The number of amides is 1. The van der Waals surface area contributed by atoms with Crippen molar-refractivity contribution in [3.05, 3.63) is 12.2 Å². The van der Waals surface area contributed by atoms with Crippen LogP contribution in [-0.2, 0) is 4.79 Å². The minimum absolute atomic E-state index is 0.0420. The summed E-state index contributed by atoms with van der Waals surface area (Å²) in [5.41, 5.74) is 0. The molecule has 3 N–H and O–H groups in total. The van der Waals surface area contributed by atoms with Crippen LogP contribution in [0.1, 0.15) is 187 Å². The molecule has 0 saturated heterocycles. The number of aliphatic hydroxyl groups is 2. The maximum atomic E-state index is 12.3. The van der Waals surface area contributed by atoms with E-state index in [0.717, 1.165) is 25.7 Å². The molecule has 0 aromatic carbocycles. The van der Waals surface area contributed by atoms with Crippen LogP contribution in [-0.4, -0.2) is 34.9 Å². The average Bonchev–Trinajstić information content (AvgIpc) is 2.94. The fourth-order valence-corrected chi connectivity index (χ4v) is 5.29. The van der Waals surface area contributed by atoms with E-state index in [0.29, 0.717) is 12.8 Å². The summed E-state index contributed by atoms with van der Waals surface area (Å²) in [4.78, 5) is 12.3. The third-order valence-corrected chi connectivity index (χ3v) is 8.03. The fourth-order valence-electron chi connectivity index (χ4n) is 5.29. The highest BCUT2D eigenvalue weighted by Gasteiger charge is 2.19. The van der Waals surface area contributed by atoms with E-state index in [4.69, 9.17) is 0 Å². The van der Waals surface area contributed by atoms with Gasteiger partial charge in [-0.1, -0.05) is 154 Å². The molecule has 0 heterocycles. The van der Waals surface area contributed by atoms with Crippen LogP contribution >= 0.6 is 0 Å². The highest BCUT2D eigenvalue weighted by molar-refractivity contribution is 5.76. The Labute approximate surface area is 244 Å². The van der Waals surface area contributed by atoms with E-state index in [2.05, 4.69) is 31.3 Å². The summed E-state index contributed by atoms with van der Waals surface area (Å²) >= 11 is 0. The van der Waals surface area contributed by atoms with Gasteiger partial charge in [0.2, 0.25) is 5.91 Å². The lowest BCUT2D eigenvalue weighted by Crippen LogP contribution is -2.45. The smallest absolute Gasteiger partial charge is 0.220 e. The number of carbonyl (C=O) groups is 1. The number of carbonyl (C=O) groups excluding carboxylic acids is 1. The highest BCUT2D eigenvalue weighted by atomic mass is 16.3. The molecule has 4 nitrogen and oxygen atoms in total. The molecular formula is C35H69NO3.